The van der Waals surface area contributed by atoms with E-state index in [9.17, 15) is 4.79 Å². The molecule has 1 aromatic heterocycles. The lowest BCUT2D eigenvalue weighted by Gasteiger charge is -2.27. The predicted octanol–water partition coefficient (Wildman–Crippen LogP) is 1.55. The number of hydrogen-bond donors (Lipinski definition) is 1. The van der Waals surface area contributed by atoms with Gasteiger partial charge in [-0.2, -0.15) is 0 Å². The van der Waals surface area contributed by atoms with Crippen molar-refractivity contribution < 1.29 is 9.53 Å². The monoisotopic (exact) mass is 276 g/mol. The Morgan fingerprint density at radius 1 is 1.15 bits per heavy atom. The molecule has 0 radical (unpaired) electrons. The molecule has 0 aromatic carbocycles. The Balaban J connectivity index is 1.58. The summed E-state index contributed by atoms with van der Waals surface area (Å²) in [7, 11) is 0. The number of anilines is 2. The van der Waals surface area contributed by atoms with Gasteiger partial charge in [0.25, 0.3) is 0 Å². The van der Waals surface area contributed by atoms with Gasteiger partial charge in [-0.1, -0.05) is 0 Å². The van der Waals surface area contributed by atoms with Crippen molar-refractivity contribution in [3.8, 4) is 0 Å². The summed E-state index contributed by atoms with van der Waals surface area (Å²) < 4.78 is 5.23. The van der Waals surface area contributed by atoms with Gasteiger partial charge in [0.2, 0.25) is 0 Å². The largest absolute Gasteiger partial charge is 0.378 e. The lowest BCUT2D eigenvalue weighted by atomic mass is 10.3. The van der Waals surface area contributed by atoms with Crippen molar-refractivity contribution in [1.82, 2.24) is 9.88 Å². The third-order valence-electron chi connectivity index (χ3n) is 3.73. The minimum Gasteiger partial charge on any atom is -0.378 e. The molecule has 6 nitrogen and oxygen atoms in total. The fraction of sp³-hybridized carbons (Fsp3) is 0.571. The second-order valence-corrected chi connectivity index (χ2v) is 5.13. The number of amides is 2. The van der Waals surface area contributed by atoms with Crippen molar-refractivity contribution in [3.05, 3.63) is 18.3 Å². The first kappa shape index (κ1) is 13.2. The fourth-order valence-corrected chi connectivity index (χ4v) is 2.56. The van der Waals surface area contributed by atoms with Crippen LogP contribution in [0.2, 0.25) is 0 Å². The first-order chi connectivity index (χ1) is 9.83. The van der Waals surface area contributed by atoms with Gasteiger partial charge in [0, 0.05) is 26.2 Å². The highest BCUT2D eigenvalue weighted by Gasteiger charge is 2.17. The molecule has 0 unspecified atom stereocenters. The predicted molar refractivity (Wildman–Crippen MR) is 77.1 cm³/mol. The lowest BCUT2D eigenvalue weighted by Crippen LogP contribution is -2.43. The minimum atomic E-state index is -0.0796. The van der Waals surface area contributed by atoms with Crippen molar-refractivity contribution in [1.29, 1.82) is 0 Å². The van der Waals surface area contributed by atoms with E-state index in [1.165, 1.54) is 12.8 Å². The molecule has 0 spiro atoms. The Labute approximate surface area is 118 Å². The molecular formula is C14H20N4O2. The number of aromatic nitrogens is 1. The van der Waals surface area contributed by atoms with Gasteiger partial charge in [-0.25, -0.2) is 9.78 Å². The Morgan fingerprint density at radius 2 is 1.90 bits per heavy atom. The van der Waals surface area contributed by atoms with Gasteiger partial charge in [0.05, 0.1) is 25.1 Å². The Bertz CT molecular complexity index is 451. The van der Waals surface area contributed by atoms with Crippen LogP contribution in [0.25, 0.3) is 0 Å². The van der Waals surface area contributed by atoms with Crippen LogP contribution in [-0.2, 0) is 4.74 Å². The summed E-state index contributed by atoms with van der Waals surface area (Å²) in [4.78, 5) is 20.5. The molecule has 0 saturated carbocycles. The van der Waals surface area contributed by atoms with E-state index >= 15 is 0 Å². The van der Waals surface area contributed by atoms with E-state index in [2.05, 4.69) is 15.2 Å². The number of carbonyl (C=O) groups excluding carboxylic acids is 1. The van der Waals surface area contributed by atoms with Crippen LogP contribution >= 0.6 is 0 Å². The summed E-state index contributed by atoms with van der Waals surface area (Å²) in [6, 6.07) is 3.81. The van der Waals surface area contributed by atoms with Crippen LogP contribution in [0.15, 0.2) is 18.3 Å². The third-order valence-corrected chi connectivity index (χ3v) is 3.73. The third kappa shape index (κ3) is 3.01. The Hall–Kier alpha value is -1.82. The highest BCUT2D eigenvalue weighted by atomic mass is 16.5. The summed E-state index contributed by atoms with van der Waals surface area (Å²) in [5.41, 5.74) is 0.740. The zero-order valence-electron chi connectivity index (χ0n) is 11.5. The number of rotatable bonds is 2. The van der Waals surface area contributed by atoms with Gasteiger partial charge in [0.1, 0.15) is 5.82 Å². The molecule has 2 aliphatic heterocycles. The van der Waals surface area contributed by atoms with E-state index in [0.29, 0.717) is 26.3 Å². The van der Waals surface area contributed by atoms with Crippen LogP contribution in [0.1, 0.15) is 12.8 Å². The topological polar surface area (TPSA) is 57.7 Å². The van der Waals surface area contributed by atoms with Gasteiger partial charge in [0.15, 0.2) is 0 Å². The van der Waals surface area contributed by atoms with Crippen molar-refractivity contribution in [2.24, 2.45) is 0 Å². The van der Waals surface area contributed by atoms with Gasteiger partial charge < -0.3 is 19.9 Å². The number of pyridine rings is 1. The smallest absolute Gasteiger partial charge is 0.322 e. The quantitative estimate of drug-likeness (QED) is 0.890. The van der Waals surface area contributed by atoms with Crippen LogP contribution < -0.4 is 10.2 Å². The molecule has 2 saturated heterocycles. The van der Waals surface area contributed by atoms with Crippen molar-refractivity contribution in [2.75, 3.05) is 49.6 Å². The maximum absolute atomic E-state index is 12.0. The molecule has 1 N–H and O–H groups in total. The second-order valence-electron chi connectivity index (χ2n) is 5.13. The number of morpholine rings is 1. The van der Waals surface area contributed by atoms with Crippen LogP contribution in [0.3, 0.4) is 0 Å². The molecule has 0 atom stereocenters. The molecule has 1 aromatic rings. The van der Waals surface area contributed by atoms with Crippen LogP contribution in [0.5, 0.6) is 0 Å². The molecule has 2 amide bonds. The molecule has 20 heavy (non-hydrogen) atoms. The summed E-state index contributed by atoms with van der Waals surface area (Å²) in [5.74, 6) is 0.992. The number of hydrogen-bond acceptors (Lipinski definition) is 4. The van der Waals surface area contributed by atoms with E-state index in [-0.39, 0.29) is 6.03 Å². The zero-order chi connectivity index (χ0) is 13.8. The van der Waals surface area contributed by atoms with Gasteiger partial charge in [-0.15, -0.1) is 0 Å². The molecular weight excluding hydrogens is 256 g/mol. The normalized spacial score (nSPS) is 19.2. The highest BCUT2D eigenvalue weighted by Crippen LogP contribution is 2.19. The lowest BCUT2D eigenvalue weighted by molar-refractivity contribution is 0.0564. The number of nitrogens with one attached hydrogen (secondary N) is 1. The highest BCUT2D eigenvalue weighted by molar-refractivity contribution is 5.89. The first-order valence-corrected chi connectivity index (χ1v) is 7.17. The fourth-order valence-electron chi connectivity index (χ4n) is 2.56. The minimum absolute atomic E-state index is 0.0796. The van der Waals surface area contributed by atoms with Gasteiger partial charge >= 0.3 is 6.03 Å². The number of carbonyl (C=O) groups is 1. The molecule has 0 aliphatic carbocycles. The summed E-state index contributed by atoms with van der Waals surface area (Å²) in [6.45, 7) is 4.66. The van der Waals surface area contributed by atoms with E-state index in [0.717, 1.165) is 24.6 Å². The van der Waals surface area contributed by atoms with E-state index in [1.54, 1.807) is 11.1 Å². The Kier molecular flexibility index (Phi) is 4.01. The van der Waals surface area contributed by atoms with Crippen LogP contribution in [0, 0.1) is 0 Å². The zero-order valence-corrected chi connectivity index (χ0v) is 11.5. The maximum Gasteiger partial charge on any atom is 0.322 e. The SMILES string of the molecule is O=C(Nc1ccc(N2CCCC2)nc1)N1CCOCC1. The maximum atomic E-state index is 12.0. The first-order valence-electron chi connectivity index (χ1n) is 7.17. The molecule has 0 bridgehead atoms. The second kappa shape index (κ2) is 6.09. The van der Waals surface area contributed by atoms with Crippen LogP contribution in [0.4, 0.5) is 16.3 Å². The van der Waals surface area contributed by atoms with Crippen molar-refractivity contribution in [2.45, 2.75) is 12.8 Å². The number of urea groups is 1. The van der Waals surface area contributed by atoms with Gasteiger partial charge in [-0.05, 0) is 25.0 Å². The van der Waals surface area contributed by atoms with Crippen molar-refractivity contribution in [3.63, 3.8) is 0 Å². The van der Waals surface area contributed by atoms with Crippen molar-refractivity contribution >= 4 is 17.5 Å². The van der Waals surface area contributed by atoms with E-state index in [1.807, 2.05) is 12.1 Å². The average molecular weight is 276 g/mol. The molecule has 6 heteroatoms. The number of nitrogens with zero attached hydrogens (tertiary/aromatic N) is 3. The Morgan fingerprint density at radius 3 is 2.55 bits per heavy atom. The molecule has 2 aliphatic rings. The summed E-state index contributed by atoms with van der Waals surface area (Å²) in [6.07, 6.45) is 4.19. The average Bonchev–Trinajstić information content (AvgIpc) is 3.03. The van der Waals surface area contributed by atoms with E-state index < -0.39 is 0 Å². The molecule has 3 rings (SSSR count). The molecule has 2 fully saturated rings. The van der Waals surface area contributed by atoms with Crippen LogP contribution in [-0.4, -0.2) is 55.3 Å². The summed E-state index contributed by atoms with van der Waals surface area (Å²) >= 11 is 0. The van der Waals surface area contributed by atoms with Gasteiger partial charge in [-0.3, -0.25) is 0 Å². The molecule has 108 valence electrons. The molecule has 3 heterocycles. The van der Waals surface area contributed by atoms with E-state index in [4.69, 9.17) is 4.74 Å². The summed E-state index contributed by atoms with van der Waals surface area (Å²) in [5, 5.41) is 2.88. The standard InChI is InChI=1S/C14H20N4O2/c19-14(18-7-9-20-10-8-18)16-12-3-4-13(15-11-12)17-5-1-2-6-17/h3-4,11H,1-2,5-10H2,(H,16,19). The number of ether oxygens (including phenoxy) is 1.